The maximum atomic E-state index is 11.4. The van der Waals surface area contributed by atoms with E-state index in [1.165, 1.54) is 29.9 Å². The van der Waals surface area contributed by atoms with Crippen molar-refractivity contribution in [2.45, 2.75) is 123 Å². The molecule has 2 aromatic carbocycles. The van der Waals surface area contributed by atoms with Crippen LogP contribution in [0.25, 0.3) is 0 Å². The Hall–Kier alpha value is -3.35. The largest absolute Gasteiger partial charge is 0.507 e. The van der Waals surface area contributed by atoms with Gasteiger partial charge < -0.3 is 10.2 Å². The standard InChI is InChI=1S/C40H59N5O2/c1-38(2,3)30-20-27(14-11-16-44-18-13-19-45-17-12-15-43(10)37(44)45)35(46)28(21-30)25-41-33-24-34(33)42-26-29-22-31(39(4,5)6)23-32(36(29)47)40(7,8)9/h20-23,25-26,33-34H,11-19,24H2,1-10H3,(H-,41,42,46,47)/p+1. The number of phenolic OH excluding ortho intramolecular Hbond substituents is 2. The number of hydrogen-bond acceptors (Lipinski definition) is 6. The average Bonchev–Trinajstić information content (AvgIpc) is 3.73. The van der Waals surface area contributed by atoms with Crippen LogP contribution in [0.2, 0.25) is 0 Å². The quantitative estimate of drug-likeness (QED) is 0.240. The van der Waals surface area contributed by atoms with Crippen molar-refractivity contribution in [3.8, 4) is 11.5 Å². The SMILES string of the molecule is C[N+]1=C2N(CCCc3cc(C(C)(C)C)cc(C=NC4CC4N=Cc4cc(C(C)(C)C)cc(C(C)(C)C)c4O)c3O)CCCN2CCC1. The van der Waals surface area contributed by atoms with Gasteiger partial charge >= 0.3 is 5.96 Å². The Kier molecular flexibility index (Phi) is 9.88. The summed E-state index contributed by atoms with van der Waals surface area (Å²) < 4.78 is 2.42. The molecule has 0 aromatic heterocycles. The fourth-order valence-electron chi connectivity index (χ4n) is 6.86. The van der Waals surface area contributed by atoms with Gasteiger partial charge in [0.2, 0.25) is 0 Å². The second-order valence-electron chi connectivity index (χ2n) is 17.2. The molecule has 2 heterocycles. The van der Waals surface area contributed by atoms with Crippen LogP contribution in [0.15, 0.2) is 34.3 Å². The van der Waals surface area contributed by atoms with Crippen LogP contribution < -0.4 is 0 Å². The molecule has 256 valence electrons. The van der Waals surface area contributed by atoms with Crippen molar-refractivity contribution in [1.29, 1.82) is 0 Å². The van der Waals surface area contributed by atoms with Gasteiger partial charge in [0, 0.05) is 42.0 Å². The summed E-state index contributed by atoms with van der Waals surface area (Å²) in [6, 6.07) is 8.66. The van der Waals surface area contributed by atoms with Crippen molar-refractivity contribution in [1.82, 2.24) is 9.80 Å². The van der Waals surface area contributed by atoms with Crippen LogP contribution in [-0.2, 0) is 22.7 Å². The zero-order chi connectivity index (χ0) is 34.3. The highest BCUT2D eigenvalue weighted by Crippen LogP contribution is 2.38. The molecular weight excluding hydrogens is 582 g/mol. The Balaban J connectivity index is 1.29. The number of rotatable bonds is 8. The van der Waals surface area contributed by atoms with Gasteiger partial charge in [-0.2, -0.15) is 0 Å². The van der Waals surface area contributed by atoms with Crippen molar-refractivity contribution in [3.63, 3.8) is 0 Å². The first-order valence-electron chi connectivity index (χ1n) is 17.8. The predicted octanol–water partition coefficient (Wildman–Crippen LogP) is 7.01. The number of aliphatic imine (C=N–C) groups is 2. The second-order valence-corrected chi connectivity index (χ2v) is 17.2. The molecule has 2 atom stereocenters. The molecule has 2 unspecified atom stereocenters. The predicted molar refractivity (Wildman–Crippen MR) is 196 cm³/mol. The summed E-state index contributed by atoms with van der Waals surface area (Å²) in [5.41, 5.74) is 5.65. The highest BCUT2D eigenvalue weighted by molar-refractivity contribution is 5.86. The van der Waals surface area contributed by atoms with Crippen molar-refractivity contribution in [2.75, 3.05) is 39.8 Å². The molecule has 7 nitrogen and oxygen atoms in total. The average molecular weight is 643 g/mol. The van der Waals surface area contributed by atoms with Gasteiger partial charge in [0.05, 0.1) is 51.9 Å². The molecule has 0 spiro atoms. The molecule has 1 aliphatic carbocycles. The number of benzene rings is 2. The maximum Gasteiger partial charge on any atom is 0.350 e. The highest BCUT2D eigenvalue weighted by atomic mass is 16.3. The van der Waals surface area contributed by atoms with Gasteiger partial charge in [-0.05, 0) is 64.3 Å². The number of aryl methyl sites for hydroxylation is 1. The lowest BCUT2D eigenvalue weighted by Crippen LogP contribution is -2.57. The lowest BCUT2D eigenvalue weighted by atomic mass is 9.79. The third-order valence-corrected chi connectivity index (χ3v) is 9.99. The Morgan fingerprint density at radius 3 is 1.94 bits per heavy atom. The fraction of sp³-hybridized carbons (Fsp3) is 0.625. The van der Waals surface area contributed by atoms with Crippen LogP contribution in [0.5, 0.6) is 11.5 Å². The first kappa shape index (κ1) is 35.0. The van der Waals surface area contributed by atoms with Crippen molar-refractivity contribution >= 4 is 18.4 Å². The van der Waals surface area contributed by atoms with Crippen LogP contribution in [0.1, 0.15) is 121 Å². The molecule has 0 amide bonds. The zero-order valence-electron chi connectivity index (χ0n) is 30.8. The van der Waals surface area contributed by atoms with Crippen LogP contribution >= 0.6 is 0 Å². The fourth-order valence-corrected chi connectivity index (χ4v) is 6.86. The van der Waals surface area contributed by atoms with E-state index in [1.54, 1.807) is 0 Å². The Morgan fingerprint density at radius 2 is 1.34 bits per heavy atom. The number of hydrogen-bond donors (Lipinski definition) is 2. The first-order chi connectivity index (χ1) is 21.9. The molecular formula is C40H60N5O2+. The lowest BCUT2D eigenvalue weighted by molar-refractivity contribution is -0.515. The van der Waals surface area contributed by atoms with E-state index < -0.39 is 0 Å². The van der Waals surface area contributed by atoms with E-state index in [1.807, 2.05) is 12.4 Å². The van der Waals surface area contributed by atoms with Crippen molar-refractivity contribution in [3.05, 3.63) is 57.6 Å². The maximum absolute atomic E-state index is 11.4. The highest BCUT2D eigenvalue weighted by Gasteiger charge is 2.37. The van der Waals surface area contributed by atoms with Gasteiger partial charge in [-0.25, -0.2) is 0 Å². The van der Waals surface area contributed by atoms with Gasteiger partial charge in [0.1, 0.15) is 11.5 Å². The molecule has 5 rings (SSSR count). The summed E-state index contributed by atoms with van der Waals surface area (Å²) in [6.07, 6.45) is 8.81. The number of fused-ring (bicyclic) bond motifs is 1. The number of guanidine groups is 1. The van der Waals surface area contributed by atoms with E-state index in [9.17, 15) is 10.2 Å². The summed E-state index contributed by atoms with van der Waals surface area (Å²) in [5, 5.41) is 22.6. The summed E-state index contributed by atoms with van der Waals surface area (Å²) in [6.45, 7) is 25.2. The summed E-state index contributed by atoms with van der Waals surface area (Å²) in [4.78, 5) is 14.8. The van der Waals surface area contributed by atoms with Crippen molar-refractivity contribution < 1.29 is 14.8 Å². The second kappa shape index (κ2) is 13.3. The first-order valence-corrected chi connectivity index (χ1v) is 17.8. The smallest absolute Gasteiger partial charge is 0.350 e. The molecule has 1 saturated carbocycles. The molecule has 7 heteroatoms. The van der Waals surface area contributed by atoms with Gasteiger partial charge in [-0.15, -0.1) is 0 Å². The van der Waals surface area contributed by atoms with E-state index in [0.29, 0.717) is 11.5 Å². The van der Waals surface area contributed by atoms with Crippen molar-refractivity contribution in [2.24, 2.45) is 9.98 Å². The molecule has 47 heavy (non-hydrogen) atoms. The lowest BCUT2D eigenvalue weighted by Gasteiger charge is -2.36. The third kappa shape index (κ3) is 8.21. The molecule has 2 aromatic rings. The molecule has 2 fully saturated rings. The monoisotopic (exact) mass is 642 g/mol. The molecule has 0 radical (unpaired) electrons. The van der Waals surface area contributed by atoms with E-state index in [0.717, 1.165) is 74.2 Å². The minimum Gasteiger partial charge on any atom is -0.507 e. The molecule has 3 aliphatic rings. The van der Waals surface area contributed by atoms with E-state index in [4.69, 9.17) is 9.98 Å². The van der Waals surface area contributed by atoms with Gasteiger partial charge in [0.25, 0.3) is 0 Å². The van der Waals surface area contributed by atoms with Crippen LogP contribution in [0, 0.1) is 0 Å². The zero-order valence-corrected chi connectivity index (χ0v) is 30.8. The van der Waals surface area contributed by atoms with Gasteiger partial charge in [0.15, 0.2) is 0 Å². The van der Waals surface area contributed by atoms with Crippen LogP contribution in [-0.4, -0.2) is 94.8 Å². The normalized spacial score (nSPS) is 20.9. The molecule has 0 bridgehead atoms. The summed E-state index contributed by atoms with van der Waals surface area (Å²) in [7, 11) is 2.22. The molecule has 2 aliphatic heterocycles. The molecule has 2 N–H and O–H groups in total. The van der Waals surface area contributed by atoms with Crippen LogP contribution in [0.4, 0.5) is 0 Å². The third-order valence-electron chi connectivity index (χ3n) is 9.99. The van der Waals surface area contributed by atoms with E-state index in [2.05, 4.69) is 108 Å². The Bertz CT molecular complexity index is 1550. The number of phenols is 2. The minimum absolute atomic E-state index is 0.0367. The van der Waals surface area contributed by atoms with E-state index in [-0.39, 0.29) is 28.3 Å². The Labute approximate surface area is 284 Å². The molecule has 1 saturated heterocycles. The van der Waals surface area contributed by atoms with Crippen LogP contribution in [0.3, 0.4) is 0 Å². The topological polar surface area (TPSA) is 74.7 Å². The number of aromatic hydroxyl groups is 2. The Morgan fingerprint density at radius 1 is 0.766 bits per heavy atom. The summed E-state index contributed by atoms with van der Waals surface area (Å²) in [5.74, 6) is 2.05. The summed E-state index contributed by atoms with van der Waals surface area (Å²) >= 11 is 0. The van der Waals surface area contributed by atoms with Gasteiger partial charge in [-0.3, -0.25) is 24.4 Å². The van der Waals surface area contributed by atoms with E-state index >= 15 is 0 Å². The minimum atomic E-state index is -0.178. The number of nitrogens with zero attached hydrogens (tertiary/aromatic N) is 5. The van der Waals surface area contributed by atoms with Gasteiger partial charge in [-0.1, -0.05) is 74.4 Å².